The standard InChI is InChI=1S/C32H38N8O4/c1-6-7-17-39-26-27(36-29(39)38-16-10-11-21(18-38)33-30(42)44-32(2,3)4)37(5)31(43)40(28(26)41)19-24-34-23-13-9-8-12-22(23)25(35-24)20-14-15-20/h8-9,12-13,20-21H,10-11,14-19H2,1-5H3,(H,33,42)/t21-/m1/s1. The Morgan fingerprint density at radius 2 is 1.86 bits per heavy atom. The van der Waals surface area contributed by atoms with Gasteiger partial charge in [0.2, 0.25) is 5.95 Å². The van der Waals surface area contributed by atoms with Gasteiger partial charge in [0.25, 0.3) is 5.56 Å². The highest BCUT2D eigenvalue weighted by Gasteiger charge is 2.30. The number of para-hydroxylation sites is 1. The summed E-state index contributed by atoms with van der Waals surface area (Å²) < 4.78 is 9.83. The molecule has 1 saturated carbocycles. The van der Waals surface area contributed by atoms with Crippen LogP contribution in [0.3, 0.4) is 0 Å². The number of fused-ring (bicyclic) bond motifs is 2. The molecule has 2 fully saturated rings. The second kappa shape index (κ2) is 11.4. The summed E-state index contributed by atoms with van der Waals surface area (Å²) in [5.41, 5.74) is 0.780. The first-order valence-corrected chi connectivity index (χ1v) is 15.1. The molecule has 3 aromatic heterocycles. The van der Waals surface area contributed by atoms with Crippen LogP contribution in [0.1, 0.15) is 70.8 Å². The third kappa shape index (κ3) is 5.78. The highest BCUT2D eigenvalue weighted by atomic mass is 16.6. The number of hydrogen-bond donors (Lipinski definition) is 1. The van der Waals surface area contributed by atoms with Crippen LogP contribution in [0.15, 0.2) is 33.9 Å². The van der Waals surface area contributed by atoms with Crippen LogP contribution in [0.4, 0.5) is 10.7 Å². The molecule has 6 rings (SSSR count). The Morgan fingerprint density at radius 1 is 1.09 bits per heavy atom. The lowest BCUT2D eigenvalue weighted by molar-refractivity contribution is 0.0499. The molecule has 4 heterocycles. The molecule has 0 spiro atoms. The van der Waals surface area contributed by atoms with E-state index in [1.54, 1.807) is 18.5 Å². The molecule has 0 unspecified atom stereocenters. The largest absolute Gasteiger partial charge is 0.444 e. The summed E-state index contributed by atoms with van der Waals surface area (Å²) in [5, 5.41) is 3.98. The van der Waals surface area contributed by atoms with Gasteiger partial charge in [0, 0.05) is 37.5 Å². The van der Waals surface area contributed by atoms with Gasteiger partial charge in [0.05, 0.1) is 24.3 Å². The molecule has 0 radical (unpaired) electrons. The Bertz CT molecular complexity index is 1930. The van der Waals surface area contributed by atoms with Gasteiger partial charge in [-0.15, -0.1) is 5.92 Å². The number of aromatic nitrogens is 6. The van der Waals surface area contributed by atoms with Crippen molar-refractivity contribution in [2.24, 2.45) is 7.05 Å². The number of alkyl carbamates (subject to hydrolysis) is 1. The number of hydrogen-bond acceptors (Lipinski definition) is 8. The van der Waals surface area contributed by atoms with Gasteiger partial charge in [0.1, 0.15) is 11.4 Å². The van der Waals surface area contributed by atoms with E-state index in [1.165, 1.54) is 9.13 Å². The minimum Gasteiger partial charge on any atom is -0.444 e. The zero-order valence-corrected chi connectivity index (χ0v) is 25.9. The summed E-state index contributed by atoms with van der Waals surface area (Å²) >= 11 is 0. The average molecular weight is 599 g/mol. The smallest absolute Gasteiger partial charge is 0.407 e. The fraction of sp³-hybridized carbons (Fsp3) is 0.500. The highest BCUT2D eigenvalue weighted by Crippen LogP contribution is 2.41. The fourth-order valence-corrected chi connectivity index (χ4v) is 5.83. The summed E-state index contributed by atoms with van der Waals surface area (Å²) in [7, 11) is 1.62. The molecule has 4 aromatic rings. The van der Waals surface area contributed by atoms with Crippen LogP contribution in [-0.4, -0.2) is 59.5 Å². The third-order valence-corrected chi connectivity index (χ3v) is 7.99. The fourth-order valence-electron chi connectivity index (χ4n) is 5.83. The second-order valence-electron chi connectivity index (χ2n) is 12.6. The van der Waals surface area contributed by atoms with E-state index < -0.39 is 22.9 Å². The van der Waals surface area contributed by atoms with E-state index in [9.17, 15) is 14.4 Å². The van der Waals surface area contributed by atoms with Crippen molar-refractivity contribution in [1.82, 2.24) is 34.0 Å². The SMILES string of the molecule is CC#CCn1c(N2CCC[C@@H](NC(=O)OC(C)(C)C)C2)nc2c1c(=O)n(Cc1nc(C3CC3)c3ccccc3n1)c(=O)n2C. The number of ether oxygens (including phenoxy) is 1. The van der Waals surface area contributed by atoms with Crippen molar-refractivity contribution in [1.29, 1.82) is 0 Å². The normalized spacial score (nSPS) is 17.0. The number of piperidine rings is 1. The van der Waals surface area contributed by atoms with Crippen molar-refractivity contribution in [2.45, 2.75) is 84.0 Å². The van der Waals surface area contributed by atoms with Crippen LogP contribution in [0, 0.1) is 11.8 Å². The number of carbonyl (C=O) groups is 1. The Labute approximate surface area is 255 Å². The van der Waals surface area contributed by atoms with Gasteiger partial charge in [-0.2, -0.15) is 4.98 Å². The lowest BCUT2D eigenvalue weighted by Gasteiger charge is -2.34. The van der Waals surface area contributed by atoms with E-state index in [0.717, 1.165) is 42.3 Å². The molecule has 12 heteroatoms. The second-order valence-corrected chi connectivity index (χ2v) is 12.6. The number of benzene rings is 1. The maximum atomic E-state index is 14.1. The minimum atomic E-state index is -0.604. The highest BCUT2D eigenvalue weighted by molar-refractivity contribution is 5.81. The number of nitrogens with one attached hydrogen (secondary N) is 1. The van der Waals surface area contributed by atoms with Crippen molar-refractivity contribution in [2.75, 3.05) is 18.0 Å². The van der Waals surface area contributed by atoms with E-state index >= 15 is 0 Å². The summed E-state index contributed by atoms with van der Waals surface area (Å²) in [4.78, 5) is 56.6. The molecule has 1 amide bonds. The van der Waals surface area contributed by atoms with Crippen LogP contribution in [-0.2, 0) is 24.9 Å². The summed E-state index contributed by atoms with van der Waals surface area (Å²) in [6, 6.07) is 7.69. The quantitative estimate of drug-likeness (QED) is 0.335. The Balaban J connectivity index is 1.39. The average Bonchev–Trinajstić information content (AvgIpc) is 3.75. The zero-order valence-electron chi connectivity index (χ0n) is 25.9. The molecule has 2 aliphatic rings. The van der Waals surface area contributed by atoms with Crippen LogP contribution in [0.5, 0.6) is 0 Å². The maximum absolute atomic E-state index is 14.1. The molecule has 1 saturated heterocycles. The predicted molar refractivity (Wildman–Crippen MR) is 168 cm³/mol. The van der Waals surface area contributed by atoms with Crippen LogP contribution in [0.2, 0.25) is 0 Å². The number of nitrogens with zero attached hydrogens (tertiary/aromatic N) is 7. The maximum Gasteiger partial charge on any atom is 0.407 e. The molecule has 230 valence electrons. The van der Waals surface area contributed by atoms with Gasteiger partial charge in [-0.3, -0.25) is 18.5 Å². The number of amides is 1. The van der Waals surface area contributed by atoms with Crippen LogP contribution >= 0.6 is 0 Å². The molecule has 44 heavy (non-hydrogen) atoms. The van der Waals surface area contributed by atoms with E-state index in [-0.39, 0.29) is 30.3 Å². The molecule has 1 aromatic carbocycles. The van der Waals surface area contributed by atoms with E-state index in [0.29, 0.717) is 30.8 Å². The minimum absolute atomic E-state index is 0.0580. The monoisotopic (exact) mass is 598 g/mol. The first kappa shape index (κ1) is 29.4. The molecule has 1 aliphatic carbocycles. The van der Waals surface area contributed by atoms with Crippen molar-refractivity contribution < 1.29 is 9.53 Å². The summed E-state index contributed by atoms with van der Waals surface area (Å²) in [6.07, 6.45) is 3.25. The first-order valence-electron chi connectivity index (χ1n) is 15.1. The Hall–Kier alpha value is -4.66. The van der Waals surface area contributed by atoms with Gasteiger partial charge in [-0.1, -0.05) is 24.1 Å². The topological polar surface area (TPSA) is 129 Å². The number of imidazole rings is 1. The molecule has 0 bridgehead atoms. The molecule has 1 atom stereocenters. The molecular weight excluding hydrogens is 560 g/mol. The van der Waals surface area contributed by atoms with E-state index in [1.807, 2.05) is 49.9 Å². The van der Waals surface area contributed by atoms with Gasteiger partial charge >= 0.3 is 11.8 Å². The van der Waals surface area contributed by atoms with Crippen LogP contribution < -0.4 is 21.5 Å². The number of carbonyl (C=O) groups excluding carboxylic acids is 1. The van der Waals surface area contributed by atoms with Gasteiger partial charge in [-0.25, -0.2) is 19.6 Å². The van der Waals surface area contributed by atoms with Crippen LogP contribution in [0.25, 0.3) is 22.1 Å². The first-order chi connectivity index (χ1) is 21.0. The van der Waals surface area contributed by atoms with Crippen molar-refractivity contribution in [3.05, 3.63) is 56.6 Å². The Morgan fingerprint density at radius 3 is 2.59 bits per heavy atom. The molecule has 1 aliphatic heterocycles. The Kier molecular flexibility index (Phi) is 7.65. The van der Waals surface area contributed by atoms with Crippen molar-refractivity contribution >= 4 is 34.1 Å². The summed E-state index contributed by atoms with van der Waals surface area (Å²) in [6.45, 7) is 8.52. The molecule has 1 N–H and O–H groups in total. The predicted octanol–water partition coefficient (Wildman–Crippen LogP) is 3.28. The van der Waals surface area contributed by atoms with Gasteiger partial charge in [-0.05, 0) is 59.4 Å². The third-order valence-electron chi connectivity index (χ3n) is 7.99. The lowest BCUT2D eigenvalue weighted by Crippen LogP contribution is -2.49. The number of rotatable bonds is 6. The van der Waals surface area contributed by atoms with Crippen molar-refractivity contribution in [3.63, 3.8) is 0 Å². The van der Waals surface area contributed by atoms with Gasteiger partial charge < -0.3 is 15.0 Å². The molecular formula is C32H38N8O4. The summed E-state index contributed by atoms with van der Waals surface area (Å²) in [5.74, 6) is 7.30. The van der Waals surface area contributed by atoms with Gasteiger partial charge in [0.15, 0.2) is 11.2 Å². The van der Waals surface area contributed by atoms with Crippen molar-refractivity contribution in [3.8, 4) is 11.8 Å². The number of aryl methyl sites for hydroxylation is 1. The van der Waals surface area contributed by atoms with E-state index in [2.05, 4.69) is 17.2 Å². The molecule has 12 nitrogen and oxygen atoms in total. The van der Waals surface area contributed by atoms with E-state index in [4.69, 9.17) is 19.7 Å². The lowest BCUT2D eigenvalue weighted by atomic mass is 10.1. The zero-order chi connectivity index (χ0) is 31.2. The number of anilines is 1.